The molecule has 41 heavy (non-hydrogen) atoms. The van der Waals surface area contributed by atoms with Crippen molar-refractivity contribution in [1.82, 2.24) is 30.0 Å². The average molecular weight is 575 g/mol. The van der Waals surface area contributed by atoms with Crippen molar-refractivity contribution in [3.05, 3.63) is 65.3 Å². The fourth-order valence-corrected chi connectivity index (χ4v) is 5.53. The van der Waals surface area contributed by atoms with Gasteiger partial charge in [-0.25, -0.2) is 19.4 Å². The van der Waals surface area contributed by atoms with Crippen LogP contribution < -0.4 is 15.5 Å². The third-order valence-electron chi connectivity index (χ3n) is 7.54. The molecule has 0 unspecified atom stereocenters. The summed E-state index contributed by atoms with van der Waals surface area (Å²) in [6, 6.07) is 14.3. The second-order valence-corrected chi connectivity index (χ2v) is 10.5. The molecule has 2 aromatic carbocycles. The summed E-state index contributed by atoms with van der Waals surface area (Å²) in [5.74, 6) is 1.41. The first-order valence-corrected chi connectivity index (χ1v) is 14.1. The normalized spacial score (nSPS) is 16.1. The molecule has 2 N–H and O–H groups in total. The topological polar surface area (TPSA) is 118 Å². The summed E-state index contributed by atoms with van der Waals surface area (Å²) in [6.45, 7) is 3.96. The van der Waals surface area contributed by atoms with E-state index in [-0.39, 0.29) is 18.0 Å². The lowest BCUT2D eigenvalue weighted by Gasteiger charge is -2.32. The fraction of sp³-hybridized carbons (Fsp3) is 0.345. The Hall–Kier alpha value is -4.22. The van der Waals surface area contributed by atoms with Gasteiger partial charge in [-0.15, -0.1) is 0 Å². The number of piperidine rings is 1. The van der Waals surface area contributed by atoms with Crippen LogP contribution in [-0.2, 0) is 4.74 Å². The van der Waals surface area contributed by atoms with Crippen LogP contribution in [0.5, 0.6) is 0 Å². The molecule has 0 spiro atoms. The number of halogens is 1. The highest BCUT2D eigenvalue weighted by Gasteiger charge is 2.28. The van der Waals surface area contributed by atoms with Crippen molar-refractivity contribution in [2.24, 2.45) is 0 Å². The van der Waals surface area contributed by atoms with Gasteiger partial charge in [-0.05, 0) is 55.3 Å². The van der Waals surface area contributed by atoms with E-state index in [9.17, 15) is 9.59 Å². The van der Waals surface area contributed by atoms with Crippen LogP contribution in [0.4, 0.5) is 16.3 Å². The lowest BCUT2D eigenvalue weighted by Crippen LogP contribution is -2.39. The molecule has 2 fully saturated rings. The first-order valence-electron chi connectivity index (χ1n) is 13.7. The molecule has 11 nitrogen and oxygen atoms in total. The first kappa shape index (κ1) is 27.0. The van der Waals surface area contributed by atoms with E-state index < -0.39 is 0 Å². The van der Waals surface area contributed by atoms with E-state index in [2.05, 4.69) is 15.5 Å². The zero-order chi connectivity index (χ0) is 28.3. The zero-order valence-electron chi connectivity index (χ0n) is 22.7. The van der Waals surface area contributed by atoms with Gasteiger partial charge in [-0.1, -0.05) is 17.7 Å². The number of fused-ring (bicyclic) bond motifs is 1. The van der Waals surface area contributed by atoms with E-state index in [4.69, 9.17) is 31.4 Å². The van der Waals surface area contributed by atoms with Gasteiger partial charge in [0.15, 0.2) is 11.5 Å². The Kier molecular flexibility index (Phi) is 7.71. The summed E-state index contributed by atoms with van der Waals surface area (Å²) >= 11 is 6.11. The zero-order valence-corrected chi connectivity index (χ0v) is 23.5. The standard InChI is InChI=1S/C29H31ClN8O3/c1-31-29(40)33-22-7-5-19(6-8-22)25-34-26(36-13-15-41-16-14-36)24-18-32-38(27(24)35-25)23-9-11-37(12-10-23)28(39)20-3-2-4-21(30)17-20/h2-8,17-18,23H,9-16H2,1H3,(H2,31,33,40). The number of carbonyl (C=O) groups excluding carboxylic acids is 2. The quantitative estimate of drug-likeness (QED) is 0.366. The van der Waals surface area contributed by atoms with E-state index in [1.807, 2.05) is 40.0 Å². The van der Waals surface area contributed by atoms with E-state index in [0.717, 1.165) is 48.3 Å². The fourth-order valence-electron chi connectivity index (χ4n) is 5.34. The minimum Gasteiger partial charge on any atom is -0.378 e. The summed E-state index contributed by atoms with van der Waals surface area (Å²) in [5, 5.41) is 11.6. The number of urea groups is 1. The number of carbonyl (C=O) groups is 2. The maximum Gasteiger partial charge on any atom is 0.318 e. The van der Waals surface area contributed by atoms with Gasteiger partial charge in [-0.2, -0.15) is 5.10 Å². The summed E-state index contributed by atoms with van der Waals surface area (Å²) < 4.78 is 7.58. The minimum absolute atomic E-state index is 0.00940. The molecule has 3 amide bonds. The molecule has 2 aliphatic rings. The van der Waals surface area contributed by atoms with Gasteiger partial charge in [0.05, 0.1) is 30.8 Å². The number of hydrogen-bond donors (Lipinski definition) is 2. The van der Waals surface area contributed by atoms with Crippen LogP contribution in [0.3, 0.4) is 0 Å². The molecule has 4 heterocycles. The molecular formula is C29H31ClN8O3. The lowest BCUT2D eigenvalue weighted by atomic mass is 10.0. The van der Waals surface area contributed by atoms with E-state index in [0.29, 0.717) is 48.4 Å². The second-order valence-electron chi connectivity index (χ2n) is 10.1. The average Bonchev–Trinajstić information content (AvgIpc) is 3.45. The molecule has 0 atom stereocenters. The monoisotopic (exact) mass is 574 g/mol. The summed E-state index contributed by atoms with van der Waals surface area (Å²) in [4.78, 5) is 38.8. The number of aromatic nitrogens is 4. The SMILES string of the molecule is CNC(=O)Nc1ccc(-c2nc(N3CCOCC3)c3cnn(C4CCN(C(=O)c5cccc(Cl)c5)CC4)c3n2)cc1. The van der Waals surface area contributed by atoms with Gasteiger partial charge in [-0.3, -0.25) is 4.79 Å². The Morgan fingerprint density at radius 3 is 2.46 bits per heavy atom. The highest BCUT2D eigenvalue weighted by atomic mass is 35.5. The third-order valence-corrected chi connectivity index (χ3v) is 7.78. The Bertz CT molecular complexity index is 1560. The number of nitrogens with one attached hydrogen (secondary N) is 2. The Morgan fingerprint density at radius 2 is 1.76 bits per heavy atom. The Balaban J connectivity index is 1.29. The molecule has 0 saturated carbocycles. The predicted molar refractivity (Wildman–Crippen MR) is 157 cm³/mol. The number of rotatable bonds is 5. The molecule has 6 rings (SSSR count). The number of ether oxygens (including phenoxy) is 1. The largest absolute Gasteiger partial charge is 0.378 e. The molecule has 212 valence electrons. The lowest BCUT2D eigenvalue weighted by molar-refractivity contribution is 0.0691. The predicted octanol–water partition coefficient (Wildman–Crippen LogP) is 4.21. The number of benzene rings is 2. The number of hydrogen-bond acceptors (Lipinski definition) is 7. The highest BCUT2D eigenvalue weighted by Crippen LogP contribution is 2.32. The molecule has 12 heteroatoms. The number of likely N-dealkylation sites (tertiary alicyclic amines) is 1. The smallest absolute Gasteiger partial charge is 0.318 e. The van der Waals surface area contributed by atoms with Crippen molar-refractivity contribution < 1.29 is 14.3 Å². The van der Waals surface area contributed by atoms with E-state index >= 15 is 0 Å². The summed E-state index contributed by atoms with van der Waals surface area (Å²) in [5.41, 5.74) is 2.87. The van der Waals surface area contributed by atoms with Crippen molar-refractivity contribution in [2.75, 3.05) is 56.7 Å². The van der Waals surface area contributed by atoms with Crippen LogP contribution in [0.2, 0.25) is 5.02 Å². The molecule has 2 aromatic heterocycles. The third kappa shape index (κ3) is 5.68. The van der Waals surface area contributed by atoms with Crippen LogP contribution in [0, 0.1) is 0 Å². The summed E-state index contributed by atoms with van der Waals surface area (Å²) in [7, 11) is 1.57. The van der Waals surface area contributed by atoms with Crippen molar-refractivity contribution in [2.45, 2.75) is 18.9 Å². The number of nitrogens with zero attached hydrogens (tertiary/aromatic N) is 6. The molecular weight excluding hydrogens is 544 g/mol. The summed E-state index contributed by atoms with van der Waals surface area (Å²) in [6.07, 6.45) is 3.37. The first-order chi connectivity index (χ1) is 20.0. The molecule has 2 saturated heterocycles. The van der Waals surface area contributed by atoms with Crippen LogP contribution in [0.1, 0.15) is 29.2 Å². The van der Waals surface area contributed by atoms with Crippen LogP contribution in [0.15, 0.2) is 54.7 Å². The van der Waals surface area contributed by atoms with Gasteiger partial charge in [0, 0.05) is 55.1 Å². The van der Waals surface area contributed by atoms with Gasteiger partial charge < -0.3 is 25.2 Å². The molecule has 0 bridgehead atoms. The van der Waals surface area contributed by atoms with Crippen molar-refractivity contribution >= 4 is 46.1 Å². The minimum atomic E-state index is -0.283. The molecule has 0 aliphatic carbocycles. The Morgan fingerprint density at radius 1 is 1.00 bits per heavy atom. The van der Waals surface area contributed by atoms with Crippen molar-refractivity contribution in [3.8, 4) is 11.4 Å². The number of amides is 3. The van der Waals surface area contributed by atoms with Crippen LogP contribution in [0.25, 0.3) is 22.4 Å². The van der Waals surface area contributed by atoms with Gasteiger partial charge in [0.2, 0.25) is 0 Å². The second kappa shape index (κ2) is 11.7. The Labute approximate surface area is 242 Å². The van der Waals surface area contributed by atoms with Gasteiger partial charge in [0.25, 0.3) is 5.91 Å². The van der Waals surface area contributed by atoms with Gasteiger partial charge >= 0.3 is 6.03 Å². The highest BCUT2D eigenvalue weighted by molar-refractivity contribution is 6.31. The maximum atomic E-state index is 13.1. The van der Waals surface area contributed by atoms with E-state index in [1.54, 1.807) is 31.3 Å². The molecule has 0 radical (unpaired) electrons. The van der Waals surface area contributed by atoms with Crippen LogP contribution in [-0.4, -0.2) is 83.0 Å². The number of morpholine rings is 1. The van der Waals surface area contributed by atoms with Crippen molar-refractivity contribution in [3.63, 3.8) is 0 Å². The van der Waals surface area contributed by atoms with E-state index in [1.165, 1.54) is 0 Å². The van der Waals surface area contributed by atoms with Crippen LogP contribution >= 0.6 is 11.6 Å². The number of anilines is 2. The molecule has 4 aromatic rings. The maximum absolute atomic E-state index is 13.1. The molecule has 2 aliphatic heterocycles. The van der Waals surface area contributed by atoms with Crippen molar-refractivity contribution in [1.29, 1.82) is 0 Å². The van der Waals surface area contributed by atoms with Gasteiger partial charge in [0.1, 0.15) is 5.82 Å².